The van der Waals surface area contributed by atoms with Crippen LogP contribution in [0.15, 0.2) is 30.5 Å². The van der Waals surface area contributed by atoms with Crippen LogP contribution >= 0.6 is 0 Å². The van der Waals surface area contributed by atoms with Gasteiger partial charge in [0.05, 0.1) is 24.2 Å². The van der Waals surface area contributed by atoms with Crippen molar-refractivity contribution in [2.24, 2.45) is 11.5 Å². The van der Waals surface area contributed by atoms with Crippen molar-refractivity contribution in [3.8, 4) is 0 Å². The molecule has 2 fully saturated rings. The Morgan fingerprint density at radius 2 is 1.94 bits per heavy atom. The average Bonchev–Trinajstić information content (AvgIpc) is 3.35. The van der Waals surface area contributed by atoms with Gasteiger partial charge in [-0.2, -0.15) is 0 Å². The number of primary amides is 1. The lowest BCUT2D eigenvalue weighted by molar-refractivity contribution is -0.384. The smallest absolute Gasteiger partial charge is 0.269 e. The van der Waals surface area contributed by atoms with Crippen molar-refractivity contribution < 1.29 is 29.8 Å². The fourth-order valence-corrected chi connectivity index (χ4v) is 4.11. The molecule has 5 atom stereocenters. The number of piperazine rings is 1. The molecule has 0 bridgehead atoms. The minimum absolute atomic E-state index is 0.0227. The van der Waals surface area contributed by atoms with Crippen molar-refractivity contribution >= 4 is 23.2 Å². The number of aliphatic hydroxyl groups excluding tert-OH is 3. The second-order valence-electron chi connectivity index (χ2n) is 7.91. The maximum Gasteiger partial charge on any atom is 0.269 e. The van der Waals surface area contributed by atoms with Crippen molar-refractivity contribution in [3.63, 3.8) is 0 Å². The quantitative estimate of drug-likeness (QED) is 0.236. The van der Waals surface area contributed by atoms with Gasteiger partial charge in [-0.15, -0.1) is 0 Å². The molecule has 0 spiro atoms. The number of imidazole rings is 1. The summed E-state index contributed by atoms with van der Waals surface area (Å²) >= 11 is 0. The molecule has 1 aromatic carbocycles. The van der Waals surface area contributed by atoms with Crippen LogP contribution in [0.25, 0.3) is 0 Å². The molecule has 4 rings (SSSR count). The number of nitro groups is 1. The average molecular weight is 463 g/mol. The molecule has 178 valence electrons. The Morgan fingerprint density at radius 1 is 1.24 bits per heavy atom. The number of nitrogens with zero attached hydrogens (tertiary/aromatic N) is 5. The Balaban J connectivity index is 1.57. The van der Waals surface area contributed by atoms with Gasteiger partial charge in [0.2, 0.25) is 5.95 Å². The summed E-state index contributed by atoms with van der Waals surface area (Å²) in [5, 5.41) is 40.8. The number of carbonyl (C=O) groups excluding carboxylic acids is 1. The second-order valence-corrected chi connectivity index (χ2v) is 7.91. The molecule has 1 unspecified atom stereocenters. The third kappa shape index (κ3) is 4.21. The molecule has 0 radical (unpaired) electrons. The lowest BCUT2D eigenvalue weighted by Crippen LogP contribution is -2.58. The monoisotopic (exact) mass is 463 g/mol. The first-order valence-corrected chi connectivity index (χ1v) is 10.2. The minimum Gasteiger partial charge on any atom is -0.394 e. The number of nitrogens with two attached hydrogens (primary N) is 2. The molecule has 33 heavy (non-hydrogen) atoms. The predicted molar refractivity (Wildman–Crippen MR) is 114 cm³/mol. The van der Waals surface area contributed by atoms with Gasteiger partial charge >= 0.3 is 0 Å². The second kappa shape index (κ2) is 8.92. The van der Waals surface area contributed by atoms with Gasteiger partial charge in [-0.05, 0) is 12.1 Å². The van der Waals surface area contributed by atoms with Crippen LogP contribution in [-0.2, 0) is 4.74 Å². The fourth-order valence-electron chi connectivity index (χ4n) is 4.11. The number of rotatable bonds is 6. The molecule has 2 saturated heterocycles. The number of ether oxygens (including phenoxy) is 1. The van der Waals surface area contributed by atoms with E-state index in [1.807, 2.05) is 4.90 Å². The molecule has 0 aliphatic carbocycles. The van der Waals surface area contributed by atoms with Gasteiger partial charge in [0.15, 0.2) is 6.23 Å². The molecule has 14 nitrogen and oxygen atoms in total. The summed E-state index contributed by atoms with van der Waals surface area (Å²) in [5.74, 6) is -0.520. The van der Waals surface area contributed by atoms with E-state index in [2.05, 4.69) is 4.98 Å². The van der Waals surface area contributed by atoms with Crippen LogP contribution in [0.5, 0.6) is 0 Å². The van der Waals surface area contributed by atoms with Crippen LogP contribution in [0.1, 0.15) is 16.7 Å². The molecule has 2 aromatic rings. The number of nitro benzene ring substituents is 1. The highest BCUT2D eigenvalue weighted by molar-refractivity contribution is 5.91. The number of hydrogen-bond donors (Lipinski definition) is 5. The maximum atomic E-state index is 11.8. The highest BCUT2D eigenvalue weighted by atomic mass is 16.6. The zero-order chi connectivity index (χ0) is 23.9. The van der Waals surface area contributed by atoms with E-state index < -0.39 is 48.1 Å². The summed E-state index contributed by atoms with van der Waals surface area (Å²) < 4.78 is 6.99. The highest BCUT2D eigenvalue weighted by Crippen LogP contribution is 2.34. The predicted octanol–water partition coefficient (Wildman–Crippen LogP) is -1.89. The molecule has 7 N–H and O–H groups in total. The summed E-state index contributed by atoms with van der Waals surface area (Å²) in [6, 6.07) is 6.06. The van der Waals surface area contributed by atoms with E-state index in [1.54, 1.807) is 17.0 Å². The number of aliphatic hydroxyl groups is 3. The fraction of sp³-hybridized carbons (Fsp3) is 0.474. The van der Waals surface area contributed by atoms with Crippen molar-refractivity contribution in [3.05, 3.63) is 46.3 Å². The summed E-state index contributed by atoms with van der Waals surface area (Å²) in [6.07, 6.45) is -3.99. The standard InChI is InChI=1S/C19H25N7O7/c20-14-8-23(5-6-24(14)10-1-3-11(4-2-10)26(31)32)19-22-12(17(21)30)7-25(19)18-16(29)15(28)13(9-27)33-18/h1-4,7,13-16,18,27-29H,5-6,8-9,20H2,(H2,21,30)/t13-,14?,15-,16-,18-/m1/s1. The molecule has 0 saturated carbocycles. The number of anilines is 2. The molecule has 3 heterocycles. The molecule has 2 aliphatic heterocycles. The van der Waals surface area contributed by atoms with Gasteiger partial charge in [-0.3, -0.25) is 19.5 Å². The third-order valence-corrected chi connectivity index (χ3v) is 5.85. The summed E-state index contributed by atoms with van der Waals surface area (Å²) in [6.45, 7) is 0.615. The summed E-state index contributed by atoms with van der Waals surface area (Å²) in [7, 11) is 0. The van der Waals surface area contributed by atoms with Crippen molar-refractivity contribution in [2.75, 3.05) is 36.0 Å². The first-order valence-electron chi connectivity index (χ1n) is 10.2. The highest BCUT2D eigenvalue weighted by Gasteiger charge is 2.45. The van der Waals surface area contributed by atoms with Gasteiger partial charge in [0.1, 0.15) is 24.0 Å². The Morgan fingerprint density at radius 3 is 2.48 bits per heavy atom. The van der Waals surface area contributed by atoms with E-state index in [-0.39, 0.29) is 23.9 Å². The minimum atomic E-state index is -1.37. The zero-order valence-electron chi connectivity index (χ0n) is 17.5. The van der Waals surface area contributed by atoms with Gasteiger partial charge in [0.25, 0.3) is 11.6 Å². The van der Waals surface area contributed by atoms with Crippen LogP contribution in [0.3, 0.4) is 0 Å². The SMILES string of the molecule is NC(=O)c1cn([C@@H]2O[C@H](CO)[C@@H](O)[C@H]2O)c(N2CCN(c3ccc([N+](=O)[O-])cc3)C(N)C2)n1. The topological polar surface area (TPSA) is 206 Å². The van der Waals surface area contributed by atoms with E-state index in [0.29, 0.717) is 13.1 Å². The van der Waals surface area contributed by atoms with Gasteiger partial charge < -0.3 is 41.3 Å². The number of carbonyl (C=O) groups is 1. The summed E-state index contributed by atoms with van der Waals surface area (Å²) in [5.41, 5.74) is 12.4. The molecular formula is C19H25N7O7. The lowest BCUT2D eigenvalue weighted by Gasteiger charge is -2.41. The first kappa shape index (κ1) is 22.9. The Bertz CT molecular complexity index is 1030. The van der Waals surface area contributed by atoms with Crippen LogP contribution < -0.4 is 21.3 Å². The molecular weight excluding hydrogens is 438 g/mol. The number of aromatic nitrogens is 2. The van der Waals surface area contributed by atoms with Crippen molar-refractivity contribution in [2.45, 2.75) is 30.7 Å². The molecule has 14 heteroatoms. The molecule has 1 amide bonds. The number of hydrogen-bond acceptors (Lipinski definition) is 11. The van der Waals surface area contributed by atoms with E-state index >= 15 is 0 Å². The van der Waals surface area contributed by atoms with E-state index in [0.717, 1.165) is 5.69 Å². The normalized spacial score (nSPS) is 27.7. The first-order chi connectivity index (χ1) is 15.7. The van der Waals surface area contributed by atoms with Crippen LogP contribution in [0.4, 0.5) is 17.3 Å². The maximum absolute atomic E-state index is 11.8. The van der Waals surface area contributed by atoms with Crippen LogP contribution in [0, 0.1) is 10.1 Å². The molecule has 2 aliphatic rings. The third-order valence-electron chi connectivity index (χ3n) is 5.85. The molecule has 1 aromatic heterocycles. The Labute approximate surface area is 187 Å². The van der Waals surface area contributed by atoms with E-state index in [4.69, 9.17) is 16.2 Å². The van der Waals surface area contributed by atoms with Crippen LogP contribution in [-0.4, -0.2) is 86.4 Å². The number of amides is 1. The van der Waals surface area contributed by atoms with Gasteiger partial charge in [0, 0.05) is 37.1 Å². The van der Waals surface area contributed by atoms with Crippen molar-refractivity contribution in [1.82, 2.24) is 9.55 Å². The lowest BCUT2D eigenvalue weighted by atomic mass is 10.1. The van der Waals surface area contributed by atoms with Crippen LogP contribution in [0.2, 0.25) is 0 Å². The van der Waals surface area contributed by atoms with Gasteiger partial charge in [-0.25, -0.2) is 4.98 Å². The Hall–Kier alpha value is -3.30. The van der Waals surface area contributed by atoms with E-state index in [1.165, 1.54) is 22.9 Å². The number of non-ortho nitro benzene ring substituents is 1. The van der Waals surface area contributed by atoms with Crippen molar-refractivity contribution in [1.29, 1.82) is 0 Å². The number of benzene rings is 1. The van der Waals surface area contributed by atoms with E-state index in [9.17, 15) is 30.2 Å². The summed E-state index contributed by atoms with van der Waals surface area (Å²) in [4.78, 5) is 30.1. The Kier molecular flexibility index (Phi) is 6.18. The van der Waals surface area contributed by atoms with Gasteiger partial charge in [-0.1, -0.05) is 0 Å². The largest absolute Gasteiger partial charge is 0.394 e. The zero-order valence-corrected chi connectivity index (χ0v) is 17.5.